The Kier molecular flexibility index (Phi) is 8.22. The zero-order chi connectivity index (χ0) is 24.8. The van der Waals surface area contributed by atoms with Gasteiger partial charge in [-0.15, -0.1) is 0 Å². The SMILES string of the molecule is CC(=O)Nc1ccc(N2CC=C(c3ccccc3C)CC2)c(C(=O)O)c1.O=C(O)C(F)(F)F. The van der Waals surface area contributed by atoms with Crippen molar-refractivity contribution in [2.24, 2.45) is 0 Å². The molecule has 33 heavy (non-hydrogen) atoms. The lowest BCUT2D eigenvalue weighted by Gasteiger charge is -2.30. The summed E-state index contributed by atoms with van der Waals surface area (Å²) < 4.78 is 31.7. The largest absolute Gasteiger partial charge is 0.490 e. The number of aliphatic carboxylic acids is 1. The second-order valence-corrected chi connectivity index (χ2v) is 7.26. The summed E-state index contributed by atoms with van der Waals surface area (Å²) in [4.78, 5) is 33.8. The predicted molar refractivity (Wildman–Crippen MR) is 117 cm³/mol. The summed E-state index contributed by atoms with van der Waals surface area (Å²) >= 11 is 0. The Morgan fingerprint density at radius 2 is 1.70 bits per heavy atom. The molecule has 1 amide bonds. The molecule has 0 aliphatic carbocycles. The van der Waals surface area contributed by atoms with Gasteiger partial charge in [-0.25, -0.2) is 9.59 Å². The van der Waals surface area contributed by atoms with E-state index in [2.05, 4.69) is 35.3 Å². The molecule has 0 radical (unpaired) electrons. The number of amides is 1. The molecule has 1 aliphatic rings. The van der Waals surface area contributed by atoms with Gasteiger partial charge in [0.05, 0.1) is 11.3 Å². The van der Waals surface area contributed by atoms with Gasteiger partial charge < -0.3 is 20.4 Å². The molecular formula is C23H23F3N2O5. The third-order valence-corrected chi connectivity index (χ3v) is 4.83. The molecule has 2 aromatic rings. The Morgan fingerprint density at radius 1 is 1.06 bits per heavy atom. The van der Waals surface area contributed by atoms with Gasteiger partial charge in [-0.1, -0.05) is 30.3 Å². The van der Waals surface area contributed by atoms with Crippen molar-refractivity contribution in [3.05, 3.63) is 65.2 Å². The number of halogens is 3. The number of hydrogen-bond donors (Lipinski definition) is 3. The minimum Gasteiger partial charge on any atom is -0.478 e. The number of anilines is 2. The highest BCUT2D eigenvalue weighted by atomic mass is 19.4. The van der Waals surface area contributed by atoms with Crippen molar-refractivity contribution < 1.29 is 37.8 Å². The van der Waals surface area contributed by atoms with Crippen LogP contribution < -0.4 is 10.2 Å². The van der Waals surface area contributed by atoms with Crippen LogP contribution in [0.2, 0.25) is 0 Å². The van der Waals surface area contributed by atoms with Crippen LogP contribution in [0.15, 0.2) is 48.5 Å². The summed E-state index contributed by atoms with van der Waals surface area (Å²) in [6.07, 6.45) is -2.06. The van der Waals surface area contributed by atoms with Crippen LogP contribution in [0.25, 0.3) is 5.57 Å². The number of carbonyl (C=O) groups is 3. The Hall–Kier alpha value is -3.82. The van der Waals surface area contributed by atoms with E-state index in [1.807, 2.05) is 12.1 Å². The van der Waals surface area contributed by atoms with E-state index in [0.717, 1.165) is 13.0 Å². The Morgan fingerprint density at radius 3 is 2.18 bits per heavy atom. The smallest absolute Gasteiger partial charge is 0.478 e. The Labute approximate surface area is 188 Å². The first-order chi connectivity index (χ1) is 15.4. The number of carboxylic acids is 2. The normalized spacial score (nSPS) is 13.4. The molecule has 176 valence electrons. The molecule has 0 atom stereocenters. The highest BCUT2D eigenvalue weighted by Gasteiger charge is 2.38. The van der Waals surface area contributed by atoms with E-state index in [1.165, 1.54) is 29.7 Å². The zero-order valence-corrected chi connectivity index (χ0v) is 17.9. The highest BCUT2D eigenvalue weighted by molar-refractivity contribution is 5.98. The Balaban J connectivity index is 0.000000479. The topological polar surface area (TPSA) is 107 Å². The first-order valence-corrected chi connectivity index (χ1v) is 9.85. The average molecular weight is 464 g/mol. The Bertz CT molecular complexity index is 1080. The minimum atomic E-state index is -5.08. The fraction of sp³-hybridized carbons (Fsp3) is 0.261. The number of aryl methyl sites for hydroxylation is 1. The van der Waals surface area contributed by atoms with Gasteiger partial charge in [-0.3, -0.25) is 4.79 Å². The average Bonchev–Trinajstić information content (AvgIpc) is 2.73. The zero-order valence-electron chi connectivity index (χ0n) is 17.9. The van der Waals surface area contributed by atoms with E-state index in [0.29, 0.717) is 17.9 Å². The summed E-state index contributed by atoms with van der Waals surface area (Å²) in [7, 11) is 0. The summed E-state index contributed by atoms with van der Waals surface area (Å²) in [5, 5.41) is 19.3. The molecule has 1 aliphatic heterocycles. The van der Waals surface area contributed by atoms with E-state index < -0.39 is 18.1 Å². The summed E-state index contributed by atoms with van der Waals surface area (Å²) in [6.45, 7) is 4.91. The van der Waals surface area contributed by atoms with Gasteiger partial charge in [0.25, 0.3) is 0 Å². The standard InChI is InChI=1S/C21H22N2O3.C2HF3O2/c1-14-5-3-4-6-18(14)16-9-11-23(12-10-16)20-8-7-17(22-15(2)24)13-19(20)21(25)26;3-2(4,5)1(6)7/h3-9,13H,10-12H2,1-2H3,(H,22,24)(H,25,26);(H,6,7). The number of rotatable bonds is 4. The maximum Gasteiger partial charge on any atom is 0.490 e. The van der Waals surface area contributed by atoms with E-state index in [-0.39, 0.29) is 11.5 Å². The first-order valence-electron chi connectivity index (χ1n) is 9.85. The number of nitrogens with zero attached hydrogens (tertiary/aromatic N) is 1. The van der Waals surface area contributed by atoms with Crippen LogP contribution in [0.3, 0.4) is 0 Å². The number of carbonyl (C=O) groups excluding carboxylic acids is 1. The quantitative estimate of drug-likeness (QED) is 0.612. The van der Waals surface area contributed by atoms with Crippen LogP contribution in [-0.4, -0.2) is 47.3 Å². The van der Waals surface area contributed by atoms with Gasteiger partial charge in [-0.2, -0.15) is 13.2 Å². The van der Waals surface area contributed by atoms with E-state index in [1.54, 1.807) is 12.1 Å². The van der Waals surface area contributed by atoms with Gasteiger partial charge in [0.2, 0.25) is 5.91 Å². The van der Waals surface area contributed by atoms with Crippen molar-refractivity contribution in [2.45, 2.75) is 26.4 Å². The molecule has 0 spiro atoms. The number of nitrogens with one attached hydrogen (secondary N) is 1. The third kappa shape index (κ3) is 7.09. The maximum absolute atomic E-state index is 11.7. The van der Waals surface area contributed by atoms with Gasteiger partial charge >= 0.3 is 18.1 Å². The fourth-order valence-electron chi connectivity index (χ4n) is 3.33. The molecule has 2 aromatic carbocycles. The van der Waals surface area contributed by atoms with Crippen molar-refractivity contribution >= 4 is 34.8 Å². The van der Waals surface area contributed by atoms with Crippen LogP contribution in [-0.2, 0) is 9.59 Å². The van der Waals surface area contributed by atoms with Gasteiger partial charge in [0.15, 0.2) is 0 Å². The first kappa shape index (κ1) is 25.4. The molecule has 0 saturated heterocycles. The van der Waals surface area contributed by atoms with Crippen LogP contribution in [0.4, 0.5) is 24.5 Å². The van der Waals surface area contributed by atoms with Crippen molar-refractivity contribution in [3.63, 3.8) is 0 Å². The fourth-order valence-corrected chi connectivity index (χ4v) is 3.33. The molecule has 3 rings (SSSR count). The second kappa shape index (κ2) is 10.7. The second-order valence-electron chi connectivity index (χ2n) is 7.26. The molecule has 0 fully saturated rings. The lowest BCUT2D eigenvalue weighted by atomic mass is 9.95. The molecule has 1 heterocycles. The van der Waals surface area contributed by atoms with E-state index >= 15 is 0 Å². The minimum absolute atomic E-state index is 0.198. The molecule has 0 unspecified atom stereocenters. The van der Waals surface area contributed by atoms with Gasteiger partial charge in [0.1, 0.15) is 0 Å². The van der Waals surface area contributed by atoms with E-state index in [9.17, 15) is 27.9 Å². The monoisotopic (exact) mass is 464 g/mol. The lowest BCUT2D eigenvalue weighted by Crippen LogP contribution is -2.30. The number of hydrogen-bond acceptors (Lipinski definition) is 4. The number of carboxylic acid groups (broad SMARTS) is 2. The number of alkyl halides is 3. The van der Waals surface area contributed by atoms with Crippen molar-refractivity contribution in [1.29, 1.82) is 0 Å². The van der Waals surface area contributed by atoms with Gasteiger partial charge in [-0.05, 0) is 48.2 Å². The van der Waals surface area contributed by atoms with Crippen molar-refractivity contribution in [2.75, 3.05) is 23.3 Å². The summed E-state index contributed by atoms with van der Waals surface area (Å²) in [5.74, 6) is -3.98. The molecule has 7 nitrogen and oxygen atoms in total. The molecule has 3 N–H and O–H groups in total. The van der Waals surface area contributed by atoms with E-state index in [4.69, 9.17) is 9.90 Å². The lowest BCUT2D eigenvalue weighted by molar-refractivity contribution is -0.192. The third-order valence-electron chi connectivity index (χ3n) is 4.83. The number of aromatic carboxylic acids is 1. The number of benzene rings is 2. The molecule has 0 saturated carbocycles. The van der Waals surface area contributed by atoms with Gasteiger partial charge in [0, 0.05) is 25.7 Å². The molecular weight excluding hydrogens is 441 g/mol. The summed E-state index contributed by atoms with van der Waals surface area (Å²) in [6, 6.07) is 13.3. The molecule has 10 heteroatoms. The van der Waals surface area contributed by atoms with Crippen LogP contribution in [0.5, 0.6) is 0 Å². The maximum atomic E-state index is 11.7. The molecule has 0 bridgehead atoms. The van der Waals surface area contributed by atoms with Crippen LogP contribution in [0.1, 0.15) is 34.8 Å². The van der Waals surface area contributed by atoms with Crippen LogP contribution in [0, 0.1) is 6.92 Å². The summed E-state index contributed by atoms with van der Waals surface area (Å²) in [5.41, 5.74) is 5.17. The molecule has 0 aromatic heterocycles. The van der Waals surface area contributed by atoms with Crippen LogP contribution >= 0.6 is 0 Å². The highest BCUT2D eigenvalue weighted by Crippen LogP contribution is 2.30. The van der Waals surface area contributed by atoms with Crippen molar-refractivity contribution in [1.82, 2.24) is 0 Å². The van der Waals surface area contributed by atoms with Crippen molar-refractivity contribution in [3.8, 4) is 0 Å². The predicted octanol–water partition coefficient (Wildman–Crippen LogP) is 4.58.